The Bertz CT molecular complexity index is 114. The summed E-state index contributed by atoms with van der Waals surface area (Å²) in [5, 5.41) is 0. The van der Waals surface area contributed by atoms with Crippen LogP contribution in [0.4, 0.5) is 0 Å². The molecule has 1 atom stereocenters. The van der Waals surface area contributed by atoms with Gasteiger partial charge in [-0.1, -0.05) is 27.2 Å². The van der Waals surface area contributed by atoms with Gasteiger partial charge in [0.2, 0.25) is 0 Å². The highest BCUT2D eigenvalue weighted by atomic mass is 14.0. The Hall–Kier alpha value is -0.440. The molecule has 0 nitrogen and oxygen atoms in total. The summed E-state index contributed by atoms with van der Waals surface area (Å²) < 4.78 is 0. The lowest BCUT2D eigenvalue weighted by Gasteiger charge is -1.96. The highest BCUT2D eigenvalue weighted by Gasteiger charge is 1.98. The van der Waals surface area contributed by atoms with Crippen molar-refractivity contribution in [3.63, 3.8) is 0 Å². The summed E-state index contributed by atoms with van der Waals surface area (Å²) in [6, 6.07) is 0. The smallest absolute Gasteiger partial charge is 0.0174 e. The molecule has 0 heterocycles. The Labute approximate surface area is 65.0 Å². The van der Waals surface area contributed by atoms with E-state index in [-0.39, 0.29) is 0 Å². The van der Waals surface area contributed by atoms with Gasteiger partial charge in [0.25, 0.3) is 0 Å². The topological polar surface area (TPSA) is 0 Å². The van der Waals surface area contributed by atoms with Crippen molar-refractivity contribution in [2.75, 3.05) is 0 Å². The molecule has 0 bridgehead atoms. The standard InChI is InChI=1S/C8H12.C2H6/c1-8-6-4-2-3-5-7-8;1-2/h8H,2-4,6H2,1H3;1-2H3. The summed E-state index contributed by atoms with van der Waals surface area (Å²) >= 11 is 0. The lowest BCUT2D eigenvalue weighted by molar-refractivity contribution is 0.614. The highest BCUT2D eigenvalue weighted by Crippen LogP contribution is 2.10. The van der Waals surface area contributed by atoms with Gasteiger partial charge in [0.05, 0.1) is 0 Å². The molecule has 0 fully saturated rings. The van der Waals surface area contributed by atoms with E-state index in [4.69, 9.17) is 0 Å². The second-order valence-electron chi connectivity index (χ2n) is 2.47. The highest BCUT2D eigenvalue weighted by molar-refractivity contribution is 5.03. The first kappa shape index (κ1) is 9.56. The molecule has 0 N–H and O–H groups in total. The number of hydrogen-bond donors (Lipinski definition) is 0. The van der Waals surface area contributed by atoms with Gasteiger partial charge in [0.1, 0.15) is 0 Å². The van der Waals surface area contributed by atoms with Crippen LogP contribution in [0, 0.1) is 17.8 Å². The molecule has 0 saturated carbocycles. The Kier molecular flexibility index (Phi) is 6.38. The second kappa shape index (κ2) is 6.68. The maximum Gasteiger partial charge on any atom is 0.0174 e. The van der Waals surface area contributed by atoms with Crippen molar-refractivity contribution < 1.29 is 0 Å². The monoisotopic (exact) mass is 138 g/mol. The molecule has 0 amide bonds. The minimum Gasteiger partial charge on any atom is -0.103 e. The van der Waals surface area contributed by atoms with Crippen molar-refractivity contribution in [2.24, 2.45) is 5.92 Å². The van der Waals surface area contributed by atoms with E-state index in [0.29, 0.717) is 5.92 Å². The van der Waals surface area contributed by atoms with Crippen molar-refractivity contribution in [3.8, 4) is 11.8 Å². The summed E-state index contributed by atoms with van der Waals surface area (Å²) in [6.45, 7) is 6.21. The lowest BCUT2D eigenvalue weighted by atomic mass is 10.1. The van der Waals surface area contributed by atoms with E-state index in [1.54, 1.807) is 0 Å². The molecule has 0 heteroatoms. The Morgan fingerprint density at radius 3 is 2.60 bits per heavy atom. The average Bonchev–Trinajstić information content (AvgIpc) is 2.21. The van der Waals surface area contributed by atoms with Crippen LogP contribution in [0.1, 0.15) is 46.5 Å². The molecule has 1 unspecified atom stereocenters. The van der Waals surface area contributed by atoms with Crippen LogP contribution in [0.2, 0.25) is 0 Å². The number of hydrogen-bond acceptors (Lipinski definition) is 0. The van der Waals surface area contributed by atoms with Crippen LogP contribution in [0.5, 0.6) is 0 Å². The lowest BCUT2D eigenvalue weighted by Crippen LogP contribution is -1.85. The molecule has 58 valence electrons. The van der Waals surface area contributed by atoms with E-state index in [2.05, 4.69) is 18.8 Å². The predicted octanol–water partition coefficient (Wildman–Crippen LogP) is 3.23. The Morgan fingerprint density at radius 2 is 1.90 bits per heavy atom. The maximum atomic E-state index is 3.19. The fraction of sp³-hybridized carbons (Fsp3) is 0.800. The quantitative estimate of drug-likeness (QED) is 0.451. The fourth-order valence-corrected chi connectivity index (χ4v) is 0.982. The first-order chi connectivity index (χ1) is 4.89. The second-order valence-corrected chi connectivity index (χ2v) is 2.47. The molecule has 1 rings (SSSR count). The SMILES string of the molecule is CC.CC1C#CCCCC1. The van der Waals surface area contributed by atoms with Crippen LogP contribution < -0.4 is 0 Å². The van der Waals surface area contributed by atoms with E-state index >= 15 is 0 Å². The molecule has 0 aromatic heterocycles. The van der Waals surface area contributed by atoms with E-state index in [0.717, 1.165) is 6.42 Å². The van der Waals surface area contributed by atoms with E-state index in [1.807, 2.05) is 13.8 Å². The van der Waals surface area contributed by atoms with Crippen LogP contribution in [0.15, 0.2) is 0 Å². The zero-order chi connectivity index (χ0) is 7.82. The minimum absolute atomic E-state index is 0.664. The summed E-state index contributed by atoms with van der Waals surface area (Å²) in [5.41, 5.74) is 0. The molecule has 1 aliphatic carbocycles. The first-order valence-corrected chi connectivity index (χ1v) is 4.38. The molecule has 10 heavy (non-hydrogen) atoms. The van der Waals surface area contributed by atoms with Gasteiger partial charge in [-0.05, 0) is 12.8 Å². The van der Waals surface area contributed by atoms with Crippen molar-refractivity contribution in [3.05, 3.63) is 0 Å². The molecule has 0 aliphatic heterocycles. The summed E-state index contributed by atoms with van der Waals surface area (Å²) in [5.74, 6) is 7.01. The van der Waals surface area contributed by atoms with Crippen LogP contribution in [0.25, 0.3) is 0 Å². The van der Waals surface area contributed by atoms with E-state index in [1.165, 1.54) is 19.3 Å². The van der Waals surface area contributed by atoms with Gasteiger partial charge >= 0.3 is 0 Å². The van der Waals surface area contributed by atoms with Gasteiger partial charge in [0, 0.05) is 12.3 Å². The average molecular weight is 138 g/mol. The number of rotatable bonds is 0. The summed E-state index contributed by atoms with van der Waals surface area (Å²) in [6.07, 6.45) is 5.12. The van der Waals surface area contributed by atoms with Crippen molar-refractivity contribution >= 4 is 0 Å². The van der Waals surface area contributed by atoms with Crippen molar-refractivity contribution in [2.45, 2.75) is 46.5 Å². The summed E-state index contributed by atoms with van der Waals surface area (Å²) in [7, 11) is 0. The Balaban J connectivity index is 0.000000371. The molecule has 0 saturated heterocycles. The van der Waals surface area contributed by atoms with E-state index in [9.17, 15) is 0 Å². The predicted molar refractivity (Wildman–Crippen MR) is 46.8 cm³/mol. The van der Waals surface area contributed by atoms with Gasteiger partial charge in [0.15, 0.2) is 0 Å². The Morgan fingerprint density at radius 1 is 1.20 bits per heavy atom. The zero-order valence-electron chi connectivity index (χ0n) is 7.41. The van der Waals surface area contributed by atoms with Gasteiger partial charge in [-0.15, -0.1) is 11.8 Å². The molecule has 0 spiro atoms. The van der Waals surface area contributed by atoms with Crippen molar-refractivity contribution in [1.82, 2.24) is 0 Å². The van der Waals surface area contributed by atoms with Gasteiger partial charge in [-0.3, -0.25) is 0 Å². The van der Waals surface area contributed by atoms with Gasteiger partial charge in [-0.2, -0.15) is 0 Å². The molecular weight excluding hydrogens is 120 g/mol. The third kappa shape index (κ3) is 4.44. The largest absolute Gasteiger partial charge is 0.103 e. The third-order valence-electron chi connectivity index (χ3n) is 1.54. The van der Waals surface area contributed by atoms with Crippen LogP contribution in [0.3, 0.4) is 0 Å². The van der Waals surface area contributed by atoms with Crippen LogP contribution in [-0.2, 0) is 0 Å². The zero-order valence-corrected chi connectivity index (χ0v) is 7.41. The third-order valence-corrected chi connectivity index (χ3v) is 1.54. The molecule has 0 aromatic rings. The summed E-state index contributed by atoms with van der Waals surface area (Å²) in [4.78, 5) is 0. The van der Waals surface area contributed by atoms with E-state index < -0.39 is 0 Å². The fourth-order valence-electron chi connectivity index (χ4n) is 0.982. The molecule has 0 aromatic carbocycles. The minimum atomic E-state index is 0.664. The maximum absolute atomic E-state index is 3.19. The molecule has 1 aliphatic rings. The first-order valence-electron chi connectivity index (χ1n) is 4.38. The van der Waals surface area contributed by atoms with Crippen molar-refractivity contribution in [1.29, 1.82) is 0 Å². The molecular formula is C10H18. The normalized spacial score (nSPS) is 22.9. The van der Waals surface area contributed by atoms with Gasteiger partial charge < -0.3 is 0 Å². The molecule has 0 radical (unpaired) electrons. The van der Waals surface area contributed by atoms with Crippen LogP contribution in [-0.4, -0.2) is 0 Å². The van der Waals surface area contributed by atoms with Crippen LogP contribution >= 0.6 is 0 Å². The van der Waals surface area contributed by atoms with Gasteiger partial charge in [-0.25, -0.2) is 0 Å².